The SMILES string of the molecule is CC(C)C(=O)Nc1nc2c(ncn2[C@@H]2O[C@]3(CO)[C@H](O)C2OC32CC2)c(=O)[nH]1.CC[C@]12O[C@@H](n3cnc4c(=O)[nH]c(NC(=O)C(C)C)nc43)C(OC13CC3)[C@H]2O. The third-order valence-corrected chi connectivity index (χ3v) is 12.2. The molecule has 0 radical (unpaired) electrons. The van der Waals surface area contributed by atoms with Crippen molar-refractivity contribution in [2.24, 2.45) is 11.8 Å². The molecule has 2 spiro atoms. The summed E-state index contributed by atoms with van der Waals surface area (Å²) in [5, 5.41) is 36.7. The number of nitrogens with zero attached hydrogens (tertiary/aromatic N) is 6. The molecule has 4 saturated heterocycles. The molecule has 8 heterocycles. The number of aliphatic hydroxyl groups is 3. The molecule has 2 amide bonds. The molecule has 4 aromatic rings. The van der Waals surface area contributed by atoms with Gasteiger partial charge in [0.2, 0.25) is 23.7 Å². The smallest absolute Gasteiger partial charge is 0.280 e. The largest absolute Gasteiger partial charge is 0.393 e. The number of hydrogen-bond donors (Lipinski definition) is 7. The first-order chi connectivity index (χ1) is 26.6. The fraction of sp³-hybridized carbons (Fsp3) is 0.657. The minimum absolute atomic E-state index is 0.00175. The van der Waals surface area contributed by atoms with Crippen molar-refractivity contribution in [2.45, 2.75) is 126 Å². The Morgan fingerprint density at radius 3 is 1.57 bits per heavy atom. The summed E-state index contributed by atoms with van der Waals surface area (Å²) in [6.07, 6.45) is 2.13. The van der Waals surface area contributed by atoms with Gasteiger partial charge in [-0.15, -0.1) is 0 Å². The molecule has 6 fully saturated rings. The maximum absolute atomic E-state index is 12.4. The summed E-state index contributed by atoms with van der Waals surface area (Å²) in [5.74, 6) is -1.06. The van der Waals surface area contributed by atoms with Gasteiger partial charge in [-0.1, -0.05) is 34.6 Å². The quantitative estimate of drug-likeness (QED) is 0.123. The lowest BCUT2D eigenvalue weighted by Crippen LogP contribution is -2.52. The highest BCUT2D eigenvalue weighted by atomic mass is 16.7. The summed E-state index contributed by atoms with van der Waals surface area (Å²) < 4.78 is 27.8. The van der Waals surface area contributed by atoms with Crippen molar-refractivity contribution in [3.63, 3.8) is 0 Å². The number of nitrogens with one attached hydrogen (secondary N) is 4. The number of H-pyrrole nitrogens is 2. The summed E-state index contributed by atoms with van der Waals surface area (Å²) in [6.45, 7) is 8.54. The number of fused-ring (bicyclic) bond motifs is 8. The summed E-state index contributed by atoms with van der Waals surface area (Å²) >= 11 is 0. The van der Waals surface area contributed by atoms with Crippen LogP contribution in [0.4, 0.5) is 11.9 Å². The fourth-order valence-corrected chi connectivity index (χ4v) is 8.76. The first-order valence-electron chi connectivity index (χ1n) is 18.9. The molecule has 56 heavy (non-hydrogen) atoms. The number of hydrogen-bond acceptors (Lipinski definition) is 15. The molecule has 2 unspecified atom stereocenters. The zero-order chi connectivity index (χ0) is 39.7. The number of amides is 2. The molecule has 10 rings (SSSR count). The van der Waals surface area contributed by atoms with Crippen LogP contribution in [-0.2, 0) is 28.5 Å². The Labute approximate surface area is 317 Å². The highest BCUT2D eigenvalue weighted by Gasteiger charge is 2.79. The van der Waals surface area contributed by atoms with Gasteiger partial charge in [0, 0.05) is 11.8 Å². The molecule has 300 valence electrons. The van der Waals surface area contributed by atoms with Crippen LogP contribution in [0.3, 0.4) is 0 Å². The number of ether oxygens (including phenoxy) is 4. The Morgan fingerprint density at radius 2 is 1.18 bits per heavy atom. The van der Waals surface area contributed by atoms with E-state index in [9.17, 15) is 34.5 Å². The maximum atomic E-state index is 12.4. The number of carbonyl (C=O) groups excluding carboxylic acids is 2. The highest BCUT2D eigenvalue weighted by Crippen LogP contribution is 2.66. The Hall–Kier alpha value is -4.64. The average molecular weight is 781 g/mol. The van der Waals surface area contributed by atoms with E-state index in [1.165, 1.54) is 17.2 Å². The molecular weight excluding hydrogens is 736 g/mol. The molecule has 4 aromatic heterocycles. The van der Waals surface area contributed by atoms with Crippen molar-refractivity contribution in [2.75, 3.05) is 17.2 Å². The Bertz CT molecular complexity index is 2220. The van der Waals surface area contributed by atoms with Gasteiger partial charge >= 0.3 is 0 Å². The first kappa shape index (κ1) is 37.0. The average Bonchev–Trinajstić information content (AvgIpc) is 3.84. The molecular formula is C35H44N10O11. The maximum Gasteiger partial charge on any atom is 0.280 e. The number of aromatic nitrogens is 8. The van der Waals surface area contributed by atoms with Gasteiger partial charge in [-0.2, -0.15) is 9.97 Å². The van der Waals surface area contributed by atoms with Crippen molar-refractivity contribution >= 4 is 46.0 Å². The van der Waals surface area contributed by atoms with Crippen LogP contribution in [0, 0.1) is 11.8 Å². The fourth-order valence-electron chi connectivity index (χ4n) is 8.76. The van der Waals surface area contributed by atoms with Crippen molar-refractivity contribution in [1.29, 1.82) is 0 Å². The molecule has 21 heteroatoms. The predicted molar refractivity (Wildman–Crippen MR) is 192 cm³/mol. The number of anilines is 2. The standard InChI is InChI=1S/C18H23N5O5.C17H21N5O6/c1-4-18-11(24)10(27-17(18)5-6-17)15(28-18)23-7-19-9-12(23)20-16(22-14(9)26)21-13(25)8(2)3;1-7(2)12(25)20-15-19-11-8(13(26)21-15)18-6-22(11)14-9-10(24)17(5-23,28-14)16(27-9)3-4-16/h7-8,10-11,15,24H,4-6H2,1-3H3,(H2,20,21,22,25,26);6-7,9-10,14,23-24H,3-5H2,1-2H3,(H2,19,20,21,25,26)/t10?,11-,15-,18-;9?,10-,14-,17-/m11/s1. The van der Waals surface area contributed by atoms with E-state index >= 15 is 0 Å². The van der Waals surface area contributed by atoms with E-state index in [-0.39, 0.29) is 64.5 Å². The van der Waals surface area contributed by atoms with E-state index in [1.54, 1.807) is 32.3 Å². The highest BCUT2D eigenvalue weighted by molar-refractivity contribution is 5.91. The van der Waals surface area contributed by atoms with Crippen LogP contribution in [0.15, 0.2) is 22.2 Å². The lowest BCUT2D eigenvalue weighted by Gasteiger charge is -2.37. The van der Waals surface area contributed by atoms with E-state index in [2.05, 4.69) is 40.5 Å². The molecule has 8 atom stereocenters. The Morgan fingerprint density at radius 1 is 0.768 bits per heavy atom. The van der Waals surface area contributed by atoms with E-state index < -0.39 is 70.4 Å². The van der Waals surface area contributed by atoms with Gasteiger partial charge in [0.25, 0.3) is 11.1 Å². The van der Waals surface area contributed by atoms with Gasteiger partial charge in [-0.3, -0.25) is 48.9 Å². The molecule has 0 aromatic carbocycles. The second kappa shape index (κ2) is 12.4. The number of carbonyl (C=O) groups is 2. The number of aromatic amines is 2. The summed E-state index contributed by atoms with van der Waals surface area (Å²) in [7, 11) is 0. The molecule has 2 saturated carbocycles. The molecule has 21 nitrogen and oxygen atoms in total. The second-order valence-corrected chi connectivity index (χ2v) is 16.1. The second-order valence-electron chi connectivity index (χ2n) is 16.1. The van der Waals surface area contributed by atoms with Gasteiger partial charge in [0.05, 0.1) is 19.3 Å². The number of imidazole rings is 2. The van der Waals surface area contributed by atoms with Crippen LogP contribution < -0.4 is 21.8 Å². The van der Waals surface area contributed by atoms with E-state index in [0.717, 1.165) is 12.8 Å². The van der Waals surface area contributed by atoms with Gasteiger partial charge in [-0.05, 0) is 32.1 Å². The van der Waals surface area contributed by atoms with Crippen molar-refractivity contribution < 1.29 is 43.9 Å². The third-order valence-electron chi connectivity index (χ3n) is 12.2. The van der Waals surface area contributed by atoms with E-state index in [4.69, 9.17) is 18.9 Å². The van der Waals surface area contributed by atoms with Gasteiger partial charge in [0.1, 0.15) is 41.2 Å². The van der Waals surface area contributed by atoms with Gasteiger partial charge < -0.3 is 34.3 Å². The topological polar surface area (TPSA) is 283 Å². The lowest BCUT2D eigenvalue weighted by atomic mass is 9.88. The zero-order valence-electron chi connectivity index (χ0n) is 31.3. The van der Waals surface area contributed by atoms with Crippen molar-refractivity contribution in [3.05, 3.63) is 33.4 Å². The molecule has 6 aliphatic rings. The molecule has 7 N–H and O–H groups in total. The summed E-state index contributed by atoms with van der Waals surface area (Å²) in [6, 6.07) is 0. The third kappa shape index (κ3) is 5.04. The monoisotopic (exact) mass is 780 g/mol. The summed E-state index contributed by atoms with van der Waals surface area (Å²) in [4.78, 5) is 70.6. The van der Waals surface area contributed by atoms with Crippen molar-refractivity contribution in [3.8, 4) is 0 Å². The van der Waals surface area contributed by atoms with Crippen LogP contribution in [-0.4, -0.2) is 120 Å². The molecule has 2 aliphatic carbocycles. The molecule has 4 bridgehead atoms. The van der Waals surface area contributed by atoms with Crippen LogP contribution in [0.5, 0.6) is 0 Å². The van der Waals surface area contributed by atoms with E-state index in [0.29, 0.717) is 19.3 Å². The van der Waals surface area contributed by atoms with Crippen LogP contribution in [0.2, 0.25) is 0 Å². The first-order valence-corrected chi connectivity index (χ1v) is 18.9. The van der Waals surface area contributed by atoms with Crippen LogP contribution in [0.25, 0.3) is 22.3 Å². The minimum atomic E-state index is -1.20. The Balaban J connectivity index is 0.000000146. The van der Waals surface area contributed by atoms with Gasteiger partial charge in [-0.25, -0.2) is 9.97 Å². The predicted octanol–water partition coefficient (Wildman–Crippen LogP) is -0.0497. The van der Waals surface area contributed by atoms with Crippen LogP contribution >= 0.6 is 0 Å². The minimum Gasteiger partial charge on any atom is -0.393 e. The van der Waals surface area contributed by atoms with Gasteiger partial charge in [0.15, 0.2) is 40.4 Å². The number of rotatable bonds is 8. The lowest BCUT2D eigenvalue weighted by molar-refractivity contribution is -0.233. The summed E-state index contributed by atoms with van der Waals surface area (Å²) in [5.41, 5.74) is -3.32. The number of aliphatic hydroxyl groups excluding tert-OH is 3. The van der Waals surface area contributed by atoms with Crippen LogP contribution in [0.1, 0.15) is 79.2 Å². The van der Waals surface area contributed by atoms with Crippen molar-refractivity contribution in [1.82, 2.24) is 39.0 Å². The normalized spacial score (nSPS) is 32.5. The Kier molecular flexibility index (Phi) is 8.20. The van der Waals surface area contributed by atoms with E-state index in [1.807, 2.05) is 6.92 Å². The zero-order valence-corrected chi connectivity index (χ0v) is 31.3. The molecule has 4 aliphatic heterocycles.